The monoisotopic (exact) mass is 448 g/mol. The van der Waals surface area contributed by atoms with E-state index in [-0.39, 0.29) is 22.7 Å². The Morgan fingerprint density at radius 2 is 1.53 bits per heavy atom. The van der Waals surface area contributed by atoms with Gasteiger partial charge in [-0.2, -0.15) is 0 Å². The predicted octanol–water partition coefficient (Wildman–Crippen LogP) is 4.55. The number of aliphatic hydroxyl groups is 4. The Bertz CT molecular complexity index is 706. The van der Waals surface area contributed by atoms with Gasteiger partial charge >= 0.3 is 0 Å². The Kier molecular flexibility index (Phi) is 6.68. The van der Waals surface area contributed by atoms with Crippen LogP contribution in [0.4, 0.5) is 0 Å². The molecular formula is C28H48O4. The van der Waals surface area contributed by atoms with Crippen molar-refractivity contribution in [3.63, 3.8) is 0 Å². The summed E-state index contributed by atoms with van der Waals surface area (Å²) in [5.41, 5.74) is 1.07. The SMILES string of the molecule is C=C(C(C)C)[C@@H](O)[C@H](O)[C@@H](C)[C@H]1CCC2C3CCC4C[C@H](O)[C@H](O)C[C@]4(C)C3CC[C@@]21C. The fourth-order valence-electron chi connectivity index (χ4n) is 9.27. The summed E-state index contributed by atoms with van der Waals surface area (Å²) in [6.45, 7) is 15.1. The van der Waals surface area contributed by atoms with Gasteiger partial charge < -0.3 is 20.4 Å². The quantitative estimate of drug-likeness (QED) is 0.465. The van der Waals surface area contributed by atoms with Crippen molar-refractivity contribution in [2.24, 2.45) is 52.3 Å². The van der Waals surface area contributed by atoms with Crippen molar-refractivity contribution in [3.05, 3.63) is 12.2 Å². The first-order chi connectivity index (χ1) is 14.9. The van der Waals surface area contributed by atoms with E-state index in [1.807, 2.05) is 13.8 Å². The molecule has 4 saturated carbocycles. The summed E-state index contributed by atoms with van der Waals surface area (Å²) in [5.74, 6) is 3.13. The Labute approximate surface area is 195 Å². The molecule has 4 heteroatoms. The van der Waals surface area contributed by atoms with Crippen molar-refractivity contribution in [3.8, 4) is 0 Å². The smallest absolute Gasteiger partial charge is 0.101 e. The van der Waals surface area contributed by atoms with Crippen LogP contribution in [0.25, 0.3) is 0 Å². The summed E-state index contributed by atoms with van der Waals surface area (Å²) >= 11 is 0. The van der Waals surface area contributed by atoms with Gasteiger partial charge in [0.15, 0.2) is 0 Å². The van der Waals surface area contributed by atoms with Gasteiger partial charge in [0, 0.05) is 0 Å². The number of rotatable bonds is 5. The van der Waals surface area contributed by atoms with Crippen molar-refractivity contribution >= 4 is 0 Å². The first-order valence-corrected chi connectivity index (χ1v) is 13.3. The normalized spacial score (nSPS) is 49.0. The maximum Gasteiger partial charge on any atom is 0.101 e. The molecule has 0 heterocycles. The summed E-state index contributed by atoms with van der Waals surface area (Å²) < 4.78 is 0. The lowest BCUT2D eigenvalue weighted by Gasteiger charge is -2.61. The zero-order valence-corrected chi connectivity index (χ0v) is 21.0. The summed E-state index contributed by atoms with van der Waals surface area (Å²) in [7, 11) is 0. The molecule has 0 aromatic carbocycles. The van der Waals surface area contributed by atoms with E-state index in [1.165, 1.54) is 32.1 Å². The lowest BCUT2D eigenvalue weighted by molar-refractivity contribution is -0.162. The predicted molar refractivity (Wildman–Crippen MR) is 128 cm³/mol. The molecule has 0 bridgehead atoms. The molecule has 0 radical (unpaired) electrons. The largest absolute Gasteiger partial charge is 0.390 e. The fourth-order valence-corrected chi connectivity index (χ4v) is 9.27. The highest BCUT2D eigenvalue weighted by molar-refractivity contribution is 5.13. The second-order valence-corrected chi connectivity index (χ2v) is 13.0. The summed E-state index contributed by atoms with van der Waals surface area (Å²) in [5, 5.41) is 42.7. The minimum atomic E-state index is -0.853. The zero-order valence-electron chi connectivity index (χ0n) is 21.0. The third-order valence-corrected chi connectivity index (χ3v) is 11.4. The van der Waals surface area contributed by atoms with Crippen molar-refractivity contribution in [2.45, 2.75) is 110 Å². The third kappa shape index (κ3) is 3.72. The lowest BCUT2D eigenvalue weighted by Crippen LogP contribution is -2.57. The summed E-state index contributed by atoms with van der Waals surface area (Å²) in [4.78, 5) is 0. The molecule has 4 aliphatic rings. The lowest BCUT2D eigenvalue weighted by atomic mass is 9.44. The number of hydrogen-bond donors (Lipinski definition) is 4. The van der Waals surface area contributed by atoms with E-state index in [2.05, 4.69) is 27.4 Å². The molecule has 4 aliphatic carbocycles. The maximum atomic E-state index is 11.1. The van der Waals surface area contributed by atoms with Crippen LogP contribution < -0.4 is 0 Å². The van der Waals surface area contributed by atoms with Gasteiger partial charge in [-0.25, -0.2) is 0 Å². The number of aliphatic hydroxyl groups excluding tert-OH is 4. The van der Waals surface area contributed by atoms with Crippen molar-refractivity contribution in [1.29, 1.82) is 0 Å². The highest BCUT2D eigenvalue weighted by atomic mass is 16.3. The topological polar surface area (TPSA) is 80.9 Å². The van der Waals surface area contributed by atoms with E-state index in [1.54, 1.807) is 0 Å². The molecule has 0 saturated heterocycles. The van der Waals surface area contributed by atoms with E-state index in [4.69, 9.17) is 0 Å². The van der Waals surface area contributed by atoms with Gasteiger partial charge in [-0.1, -0.05) is 41.2 Å². The van der Waals surface area contributed by atoms with E-state index in [9.17, 15) is 20.4 Å². The van der Waals surface area contributed by atoms with Crippen LogP contribution in [0.3, 0.4) is 0 Å². The molecule has 4 fully saturated rings. The molecule has 0 aliphatic heterocycles. The Balaban J connectivity index is 1.52. The van der Waals surface area contributed by atoms with Crippen LogP contribution in [0.1, 0.15) is 86.0 Å². The first-order valence-electron chi connectivity index (χ1n) is 13.3. The molecule has 32 heavy (non-hydrogen) atoms. The minimum absolute atomic E-state index is 0.0469. The molecule has 0 aromatic rings. The summed E-state index contributed by atoms with van der Waals surface area (Å²) in [6.07, 6.45) is 5.87. The van der Waals surface area contributed by atoms with E-state index >= 15 is 0 Å². The molecule has 0 spiro atoms. The Morgan fingerprint density at radius 3 is 2.19 bits per heavy atom. The van der Waals surface area contributed by atoms with E-state index in [0.29, 0.717) is 29.6 Å². The molecule has 4 nitrogen and oxygen atoms in total. The van der Waals surface area contributed by atoms with Gasteiger partial charge in [-0.05, 0) is 109 Å². The molecule has 4 unspecified atom stereocenters. The second-order valence-electron chi connectivity index (χ2n) is 13.0. The molecule has 4 N–H and O–H groups in total. The van der Waals surface area contributed by atoms with Crippen LogP contribution in [0.15, 0.2) is 12.2 Å². The Hall–Kier alpha value is -0.420. The highest BCUT2D eigenvalue weighted by Gasteiger charge is 2.61. The number of fused-ring (bicyclic) bond motifs is 5. The van der Waals surface area contributed by atoms with Crippen LogP contribution >= 0.6 is 0 Å². The fraction of sp³-hybridized carbons (Fsp3) is 0.929. The Morgan fingerprint density at radius 1 is 0.875 bits per heavy atom. The van der Waals surface area contributed by atoms with Gasteiger partial charge in [0.25, 0.3) is 0 Å². The molecular weight excluding hydrogens is 400 g/mol. The third-order valence-electron chi connectivity index (χ3n) is 11.4. The van der Waals surface area contributed by atoms with Gasteiger partial charge in [-0.3, -0.25) is 0 Å². The molecule has 12 atom stereocenters. The first kappa shape index (κ1) is 24.7. The van der Waals surface area contributed by atoms with E-state index < -0.39 is 24.4 Å². The molecule has 184 valence electrons. The van der Waals surface area contributed by atoms with Crippen molar-refractivity contribution in [1.82, 2.24) is 0 Å². The van der Waals surface area contributed by atoms with Gasteiger partial charge in [0.05, 0.1) is 18.3 Å². The van der Waals surface area contributed by atoms with Crippen LogP contribution in [0.2, 0.25) is 0 Å². The zero-order chi connectivity index (χ0) is 23.6. The highest BCUT2D eigenvalue weighted by Crippen LogP contribution is 2.68. The van der Waals surface area contributed by atoms with Crippen LogP contribution in [0, 0.1) is 52.3 Å². The second kappa shape index (κ2) is 8.66. The molecule has 0 amide bonds. The van der Waals surface area contributed by atoms with Gasteiger partial charge in [0.2, 0.25) is 0 Å². The van der Waals surface area contributed by atoms with Gasteiger partial charge in [-0.15, -0.1) is 0 Å². The maximum absolute atomic E-state index is 11.1. The number of hydrogen-bond acceptors (Lipinski definition) is 4. The molecule has 0 aromatic heterocycles. The minimum Gasteiger partial charge on any atom is -0.390 e. The van der Waals surface area contributed by atoms with Crippen molar-refractivity contribution in [2.75, 3.05) is 0 Å². The average molecular weight is 449 g/mol. The average Bonchev–Trinajstić information content (AvgIpc) is 3.09. The van der Waals surface area contributed by atoms with E-state index in [0.717, 1.165) is 24.8 Å². The van der Waals surface area contributed by atoms with Crippen LogP contribution in [-0.2, 0) is 0 Å². The standard InChI is InChI=1S/C28H48O4/c1-15(2)16(3)25(31)26(32)17(4)20-9-10-21-19-8-7-18-13-23(29)24(30)14-28(18,6)22(19)11-12-27(20,21)5/h15,17-26,29-32H,3,7-14H2,1-2,4-6H3/t17-,18?,19?,20+,21?,22?,23-,24+,25+,26+,27+,28-/m0/s1. The van der Waals surface area contributed by atoms with Gasteiger partial charge in [0.1, 0.15) is 6.10 Å². The van der Waals surface area contributed by atoms with Crippen molar-refractivity contribution < 1.29 is 20.4 Å². The van der Waals surface area contributed by atoms with Crippen LogP contribution in [0.5, 0.6) is 0 Å². The molecule has 4 rings (SSSR count). The van der Waals surface area contributed by atoms with Crippen LogP contribution in [-0.4, -0.2) is 44.8 Å². The summed E-state index contributed by atoms with van der Waals surface area (Å²) in [6, 6.07) is 0.